The zero-order valence-corrected chi connectivity index (χ0v) is 14.6. The van der Waals surface area contributed by atoms with Gasteiger partial charge in [0.15, 0.2) is 6.61 Å². The summed E-state index contributed by atoms with van der Waals surface area (Å²) < 4.78 is 10.2. The third-order valence-corrected chi connectivity index (χ3v) is 3.90. The Kier molecular flexibility index (Phi) is 6.44. The summed E-state index contributed by atoms with van der Waals surface area (Å²) in [6, 6.07) is 7.95. The van der Waals surface area contributed by atoms with E-state index in [4.69, 9.17) is 32.4 Å². The van der Waals surface area contributed by atoms with Gasteiger partial charge in [0.1, 0.15) is 5.76 Å². The van der Waals surface area contributed by atoms with Crippen LogP contribution in [0.15, 0.2) is 34.7 Å². The lowest BCUT2D eigenvalue weighted by Gasteiger charge is -2.05. The molecule has 1 aromatic carbocycles. The van der Waals surface area contributed by atoms with Crippen LogP contribution in [0.3, 0.4) is 0 Å². The SMILES string of the molecule is CNC(=O)CNC(=O)COC(=O)c1ccc(-c2cccc(Cl)c2Cl)o1. The first-order valence-electron chi connectivity index (χ1n) is 7.11. The molecule has 2 amide bonds. The molecule has 25 heavy (non-hydrogen) atoms. The second-order valence-electron chi connectivity index (χ2n) is 4.79. The van der Waals surface area contributed by atoms with Crippen LogP contribution in [0, 0.1) is 0 Å². The molecular weight excluding hydrogens is 371 g/mol. The smallest absolute Gasteiger partial charge is 0.374 e. The lowest BCUT2D eigenvalue weighted by Crippen LogP contribution is -2.37. The largest absolute Gasteiger partial charge is 0.450 e. The first-order chi connectivity index (χ1) is 11.9. The molecule has 2 aromatic rings. The zero-order chi connectivity index (χ0) is 18.4. The predicted octanol–water partition coefficient (Wildman–Crippen LogP) is 2.27. The standard InChI is InChI=1S/C16H14Cl2N2O5/c1-19-13(21)7-20-14(22)8-24-16(23)12-6-5-11(25-12)9-3-2-4-10(17)15(9)18/h2-6H,7-8H2,1H3,(H,19,21)(H,20,22). The van der Waals surface area contributed by atoms with Crippen molar-refractivity contribution in [2.45, 2.75) is 0 Å². The quantitative estimate of drug-likeness (QED) is 0.744. The van der Waals surface area contributed by atoms with E-state index in [1.807, 2.05) is 0 Å². The van der Waals surface area contributed by atoms with E-state index < -0.39 is 18.5 Å². The number of hydrogen-bond donors (Lipinski definition) is 2. The molecule has 2 N–H and O–H groups in total. The summed E-state index contributed by atoms with van der Waals surface area (Å²) in [5.74, 6) is -1.55. The van der Waals surface area contributed by atoms with Crippen molar-refractivity contribution in [3.8, 4) is 11.3 Å². The fourth-order valence-electron chi connectivity index (χ4n) is 1.81. The molecule has 2 rings (SSSR count). The van der Waals surface area contributed by atoms with Crippen LogP contribution in [0.1, 0.15) is 10.6 Å². The van der Waals surface area contributed by atoms with Crippen LogP contribution in [0.4, 0.5) is 0 Å². The molecule has 9 heteroatoms. The van der Waals surface area contributed by atoms with Crippen molar-refractivity contribution in [3.63, 3.8) is 0 Å². The van der Waals surface area contributed by atoms with Crippen molar-refractivity contribution in [3.05, 3.63) is 46.1 Å². The first-order valence-corrected chi connectivity index (χ1v) is 7.86. The molecule has 0 aliphatic heterocycles. The van der Waals surface area contributed by atoms with Crippen molar-refractivity contribution in [1.82, 2.24) is 10.6 Å². The van der Waals surface area contributed by atoms with Crippen LogP contribution in [-0.4, -0.2) is 38.0 Å². The second-order valence-corrected chi connectivity index (χ2v) is 5.58. The van der Waals surface area contributed by atoms with Crippen molar-refractivity contribution in [2.24, 2.45) is 0 Å². The number of rotatable bonds is 6. The Labute approximate surface area is 153 Å². The second kappa shape index (κ2) is 8.55. The molecule has 0 radical (unpaired) electrons. The summed E-state index contributed by atoms with van der Waals surface area (Å²) in [4.78, 5) is 34.4. The number of likely N-dealkylation sites (N-methyl/N-ethyl adjacent to an activating group) is 1. The summed E-state index contributed by atoms with van der Waals surface area (Å²) in [7, 11) is 1.44. The summed E-state index contributed by atoms with van der Waals surface area (Å²) >= 11 is 12.0. The Balaban J connectivity index is 1.95. The third kappa shape index (κ3) is 4.98. The van der Waals surface area contributed by atoms with Gasteiger partial charge in [-0.25, -0.2) is 4.79 Å². The van der Waals surface area contributed by atoms with E-state index in [0.717, 1.165) is 0 Å². The number of ether oxygens (including phenoxy) is 1. The minimum Gasteiger partial charge on any atom is -0.450 e. The summed E-state index contributed by atoms with van der Waals surface area (Å²) in [5, 5.41) is 5.29. The number of benzene rings is 1. The third-order valence-electron chi connectivity index (χ3n) is 3.08. The number of nitrogens with one attached hydrogen (secondary N) is 2. The van der Waals surface area contributed by atoms with Gasteiger partial charge < -0.3 is 19.8 Å². The average molecular weight is 385 g/mol. The van der Waals surface area contributed by atoms with Crippen molar-refractivity contribution < 1.29 is 23.5 Å². The van der Waals surface area contributed by atoms with E-state index in [1.54, 1.807) is 24.3 Å². The van der Waals surface area contributed by atoms with E-state index in [-0.39, 0.29) is 18.2 Å². The van der Waals surface area contributed by atoms with E-state index in [1.165, 1.54) is 13.1 Å². The van der Waals surface area contributed by atoms with E-state index in [2.05, 4.69) is 10.6 Å². The molecule has 132 valence electrons. The maximum absolute atomic E-state index is 11.9. The number of carbonyl (C=O) groups excluding carboxylic acids is 3. The van der Waals surface area contributed by atoms with Gasteiger partial charge in [-0.05, 0) is 24.3 Å². The molecule has 0 unspecified atom stereocenters. The Bertz CT molecular complexity index is 804. The molecule has 0 fully saturated rings. The van der Waals surface area contributed by atoms with Crippen LogP contribution in [0.2, 0.25) is 10.0 Å². The highest BCUT2D eigenvalue weighted by Gasteiger charge is 2.17. The zero-order valence-electron chi connectivity index (χ0n) is 13.1. The van der Waals surface area contributed by atoms with Gasteiger partial charge in [0, 0.05) is 12.6 Å². The van der Waals surface area contributed by atoms with Crippen molar-refractivity contribution >= 4 is 41.0 Å². The van der Waals surface area contributed by atoms with Crippen LogP contribution in [-0.2, 0) is 14.3 Å². The topological polar surface area (TPSA) is 97.6 Å². The number of furan rings is 1. The lowest BCUT2D eigenvalue weighted by molar-refractivity contribution is -0.127. The normalized spacial score (nSPS) is 10.2. The van der Waals surface area contributed by atoms with Gasteiger partial charge in [-0.3, -0.25) is 9.59 Å². The average Bonchev–Trinajstić information content (AvgIpc) is 3.09. The monoisotopic (exact) mass is 384 g/mol. The molecule has 0 aliphatic carbocycles. The van der Waals surface area contributed by atoms with E-state index in [9.17, 15) is 14.4 Å². The van der Waals surface area contributed by atoms with Gasteiger partial charge in [0.2, 0.25) is 11.7 Å². The molecular formula is C16H14Cl2N2O5. The van der Waals surface area contributed by atoms with Gasteiger partial charge in [0.05, 0.1) is 16.6 Å². The number of halogens is 2. The highest BCUT2D eigenvalue weighted by molar-refractivity contribution is 6.43. The summed E-state index contributed by atoms with van der Waals surface area (Å²) in [6.07, 6.45) is 0. The Morgan fingerprint density at radius 1 is 1.12 bits per heavy atom. The minimum absolute atomic E-state index is 0.0925. The van der Waals surface area contributed by atoms with Crippen molar-refractivity contribution in [2.75, 3.05) is 20.2 Å². The van der Waals surface area contributed by atoms with Crippen LogP contribution < -0.4 is 10.6 Å². The van der Waals surface area contributed by atoms with Gasteiger partial charge in [-0.1, -0.05) is 29.3 Å². The molecule has 0 atom stereocenters. The lowest BCUT2D eigenvalue weighted by atomic mass is 10.2. The minimum atomic E-state index is -0.820. The first kappa shape index (κ1) is 18.8. The van der Waals surface area contributed by atoms with Crippen molar-refractivity contribution in [1.29, 1.82) is 0 Å². The Hall–Kier alpha value is -2.51. The molecule has 7 nitrogen and oxygen atoms in total. The van der Waals surface area contributed by atoms with Gasteiger partial charge in [-0.15, -0.1) is 0 Å². The number of carbonyl (C=O) groups is 3. The summed E-state index contributed by atoms with van der Waals surface area (Å²) in [5.41, 5.74) is 0.525. The van der Waals surface area contributed by atoms with E-state index in [0.29, 0.717) is 21.4 Å². The van der Waals surface area contributed by atoms with Gasteiger partial charge >= 0.3 is 5.97 Å². The molecule has 0 saturated heterocycles. The van der Waals surface area contributed by atoms with Crippen LogP contribution in [0.5, 0.6) is 0 Å². The van der Waals surface area contributed by atoms with Crippen LogP contribution >= 0.6 is 23.2 Å². The number of amides is 2. The van der Waals surface area contributed by atoms with Crippen LogP contribution in [0.25, 0.3) is 11.3 Å². The summed E-state index contributed by atoms with van der Waals surface area (Å²) in [6.45, 7) is -0.741. The fourth-order valence-corrected chi connectivity index (χ4v) is 2.20. The maximum Gasteiger partial charge on any atom is 0.374 e. The highest BCUT2D eigenvalue weighted by atomic mass is 35.5. The number of hydrogen-bond acceptors (Lipinski definition) is 5. The maximum atomic E-state index is 11.9. The molecule has 1 heterocycles. The molecule has 0 spiro atoms. The van der Waals surface area contributed by atoms with Gasteiger partial charge in [-0.2, -0.15) is 0 Å². The fraction of sp³-hybridized carbons (Fsp3) is 0.188. The predicted molar refractivity (Wildman–Crippen MR) is 91.5 cm³/mol. The Morgan fingerprint density at radius 2 is 1.88 bits per heavy atom. The molecule has 1 aromatic heterocycles. The van der Waals surface area contributed by atoms with E-state index >= 15 is 0 Å². The molecule has 0 aliphatic rings. The highest BCUT2D eigenvalue weighted by Crippen LogP contribution is 2.34. The molecule has 0 bridgehead atoms. The van der Waals surface area contributed by atoms with Gasteiger partial charge in [0.25, 0.3) is 5.91 Å². The molecule has 0 saturated carbocycles. The Morgan fingerprint density at radius 3 is 2.60 bits per heavy atom. The number of esters is 1.